The molecule has 0 amide bonds. The molecular weight excluding hydrogens is 533 g/mol. The van der Waals surface area contributed by atoms with E-state index in [1.54, 1.807) is 28.8 Å². The number of imidazole rings is 1. The van der Waals surface area contributed by atoms with E-state index in [9.17, 15) is 35.5 Å². The lowest BCUT2D eigenvalue weighted by molar-refractivity contribution is -0.284. The van der Waals surface area contributed by atoms with Gasteiger partial charge in [-0.05, 0) is 31.5 Å². The average molecular weight is 558 g/mol. The van der Waals surface area contributed by atoms with E-state index in [0.717, 1.165) is 3.97 Å². The molecular formula is C24H24F5N5O3S. The number of alkyl halides is 5. The highest BCUT2D eigenvalue weighted by atomic mass is 32.2. The van der Waals surface area contributed by atoms with Crippen molar-refractivity contribution in [1.82, 2.24) is 23.4 Å². The Bertz CT molecular complexity index is 1580. The fourth-order valence-electron chi connectivity index (χ4n) is 4.90. The molecule has 0 spiro atoms. The SMILES string of the molecule is C[C@@H](O)c1nc2cnc3c(ccn3S(=O)(=O)c3ccccc3)c2n1[C@H]1CCN(CCC(F)(F)C(F)(F)F)C1. The molecule has 0 aliphatic carbocycles. The highest BCUT2D eigenvalue weighted by molar-refractivity contribution is 7.90. The molecule has 0 saturated carbocycles. The molecule has 2 atom stereocenters. The van der Waals surface area contributed by atoms with Crippen molar-refractivity contribution < 1.29 is 35.5 Å². The number of hydrogen-bond acceptors (Lipinski definition) is 6. The Labute approximate surface area is 214 Å². The van der Waals surface area contributed by atoms with Crippen LogP contribution in [0.15, 0.2) is 53.7 Å². The van der Waals surface area contributed by atoms with Crippen LogP contribution in [0, 0.1) is 0 Å². The number of aliphatic hydroxyl groups excluding tert-OH is 1. The molecule has 1 saturated heterocycles. The first-order valence-electron chi connectivity index (χ1n) is 11.8. The molecule has 0 unspecified atom stereocenters. The van der Waals surface area contributed by atoms with Crippen LogP contribution in [0.1, 0.15) is 37.7 Å². The van der Waals surface area contributed by atoms with E-state index in [-0.39, 0.29) is 29.5 Å². The van der Waals surface area contributed by atoms with Crippen LogP contribution in [0.4, 0.5) is 22.0 Å². The van der Waals surface area contributed by atoms with Gasteiger partial charge in [0.2, 0.25) is 0 Å². The van der Waals surface area contributed by atoms with Gasteiger partial charge in [0.1, 0.15) is 17.4 Å². The van der Waals surface area contributed by atoms with Crippen molar-refractivity contribution >= 4 is 32.1 Å². The Morgan fingerprint density at radius 3 is 2.50 bits per heavy atom. The number of aliphatic hydroxyl groups is 1. The summed E-state index contributed by atoms with van der Waals surface area (Å²) in [7, 11) is -3.97. The summed E-state index contributed by atoms with van der Waals surface area (Å²) in [5.41, 5.74) is 1.03. The van der Waals surface area contributed by atoms with Crippen LogP contribution in [0.3, 0.4) is 0 Å². The van der Waals surface area contributed by atoms with Crippen LogP contribution in [-0.2, 0) is 10.0 Å². The molecule has 1 aliphatic rings. The largest absolute Gasteiger partial charge is 0.453 e. The highest BCUT2D eigenvalue weighted by Gasteiger charge is 2.57. The maximum absolute atomic E-state index is 13.5. The van der Waals surface area contributed by atoms with Gasteiger partial charge in [0.25, 0.3) is 10.0 Å². The van der Waals surface area contributed by atoms with Gasteiger partial charge in [-0.2, -0.15) is 22.0 Å². The summed E-state index contributed by atoms with van der Waals surface area (Å²) in [6.45, 7) is 1.48. The summed E-state index contributed by atoms with van der Waals surface area (Å²) in [5, 5.41) is 10.9. The Morgan fingerprint density at radius 1 is 1.13 bits per heavy atom. The number of halogens is 5. The molecule has 38 heavy (non-hydrogen) atoms. The normalized spacial score (nSPS) is 18.6. The van der Waals surface area contributed by atoms with E-state index >= 15 is 0 Å². The maximum Gasteiger partial charge on any atom is 0.453 e. The van der Waals surface area contributed by atoms with Gasteiger partial charge in [0, 0.05) is 43.7 Å². The second-order valence-electron chi connectivity index (χ2n) is 9.37. The average Bonchev–Trinajstić information content (AvgIpc) is 3.58. The van der Waals surface area contributed by atoms with Crippen LogP contribution in [-0.4, -0.2) is 68.7 Å². The predicted molar refractivity (Wildman–Crippen MR) is 128 cm³/mol. The van der Waals surface area contributed by atoms with E-state index in [1.165, 1.54) is 36.4 Å². The molecule has 1 N–H and O–H groups in total. The third-order valence-corrected chi connectivity index (χ3v) is 8.48. The van der Waals surface area contributed by atoms with E-state index in [0.29, 0.717) is 22.8 Å². The van der Waals surface area contributed by atoms with Crippen LogP contribution in [0.5, 0.6) is 0 Å². The minimum atomic E-state index is -5.61. The van der Waals surface area contributed by atoms with Crippen LogP contribution >= 0.6 is 0 Å². The van der Waals surface area contributed by atoms with Gasteiger partial charge in [-0.25, -0.2) is 22.4 Å². The van der Waals surface area contributed by atoms with Gasteiger partial charge in [-0.1, -0.05) is 18.2 Å². The van der Waals surface area contributed by atoms with Crippen molar-refractivity contribution in [3.05, 3.63) is 54.6 Å². The van der Waals surface area contributed by atoms with Crippen LogP contribution in [0.25, 0.3) is 22.1 Å². The Hall–Kier alpha value is -3.10. The fraction of sp³-hybridized carbons (Fsp3) is 0.417. The van der Waals surface area contributed by atoms with Crippen molar-refractivity contribution in [2.75, 3.05) is 19.6 Å². The monoisotopic (exact) mass is 557 g/mol. The van der Waals surface area contributed by atoms with E-state index in [2.05, 4.69) is 9.97 Å². The van der Waals surface area contributed by atoms with Gasteiger partial charge in [-0.3, -0.25) is 0 Å². The van der Waals surface area contributed by atoms with Crippen molar-refractivity contribution in [2.45, 2.75) is 48.9 Å². The van der Waals surface area contributed by atoms with Crippen molar-refractivity contribution in [3.63, 3.8) is 0 Å². The molecule has 14 heteroatoms. The topological polar surface area (TPSA) is 93.3 Å². The van der Waals surface area contributed by atoms with E-state index in [4.69, 9.17) is 0 Å². The highest BCUT2D eigenvalue weighted by Crippen LogP contribution is 2.39. The Morgan fingerprint density at radius 2 is 1.84 bits per heavy atom. The van der Waals surface area contributed by atoms with Gasteiger partial charge in [-0.15, -0.1) is 0 Å². The first-order chi connectivity index (χ1) is 17.8. The maximum atomic E-state index is 13.5. The standard InChI is InChI=1S/C24H24F5N5O3S/c1-15(35)21-31-19-13-30-22-18(8-11-33(22)38(36,37)17-5-3-2-4-6-17)20(19)34(21)16-7-10-32(14-16)12-9-23(25,26)24(27,28)29/h2-6,8,11,13,15-16,35H,7,9-10,12,14H2,1H3/t15-,16+/m1/s1. The smallest absolute Gasteiger partial charge is 0.385 e. The number of nitrogens with zero attached hydrogens (tertiary/aromatic N) is 5. The van der Waals surface area contributed by atoms with Crippen molar-refractivity contribution in [2.24, 2.45) is 0 Å². The fourth-order valence-corrected chi connectivity index (χ4v) is 6.22. The second kappa shape index (κ2) is 9.27. The quantitative estimate of drug-likeness (QED) is 0.336. The van der Waals surface area contributed by atoms with E-state index < -0.39 is 47.2 Å². The summed E-state index contributed by atoms with van der Waals surface area (Å²) in [6.07, 6.45) is -4.82. The van der Waals surface area contributed by atoms with Crippen molar-refractivity contribution in [3.8, 4) is 0 Å². The molecule has 5 rings (SSSR count). The molecule has 1 aromatic carbocycles. The van der Waals surface area contributed by atoms with Gasteiger partial charge in [0.05, 0.1) is 16.6 Å². The third kappa shape index (κ3) is 4.43. The lowest BCUT2D eigenvalue weighted by atomic mass is 10.2. The second-order valence-corrected chi connectivity index (χ2v) is 11.2. The lowest BCUT2D eigenvalue weighted by Crippen LogP contribution is -2.39. The molecule has 4 heterocycles. The molecule has 0 bridgehead atoms. The molecule has 204 valence electrons. The van der Waals surface area contributed by atoms with Crippen LogP contribution < -0.4 is 0 Å². The predicted octanol–water partition coefficient (Wildman–Crippen LogP) is 4.51. The number of aromatic nitrogens is 4. The molecule has 3 aromatic heterocycles. The zero-order valence-corrected chi connectivity index (χ0v) is 20.9. The third-order valence-electron chi connectivity index (χ3n) is 6.80. The van der Waals surface area contributed by atoms with Gasteiger partial charge >= 0.3 is 12.1 Å². The molecule has 1 aliphatic heterocycles. The molecule has 8 nitrogen and oxygen atoms in total. The summed E-state index contributed by atoms with van der Waals surface area (Å²) >= 11 is 0. The van der Waals surface area contributed by atoms with Gasteiger partial charge in [0.15, 0.2) is 5.65 Å². The number of rotatable bonds is 7. The first-order valence-corrected chi connectivity index (χ1v) is 13.3. The molecule has 1 fully saturated rings. The summed E-state index contributed by atoms with van der Waals surface area (Å²) in [4.78, 5) is 10.4. The molecule has 4 aromatic rings. The zero-order chi connectivity index (χ0) is 27.5. The number of hydrogen-bond donors (Lipinski definition) is 1. The minimum absolute atomic E-state index is 0.0691. The minimum Gasteiger partial charge on any atom is -0.385 e. The summed E-state index contributed by atoms with van der Waals surface area (Å²) < 4.78 is 94.1. The molecule has 0 radical (unpaired) electrons. The van der Waals surface area contributed by atoms with Gasteiger partial charge < -0.3 is 14.6 Å². The zero-order valence-electron chi connectivity index (χ0n) is 20.1. The summed E-state index contributed by atoms with van der Waals surface area (Å²) in [5.74, 6) is -4.52. The van der Waals surface area contributed by atoms with Crippen molar-refractivity contribution in [1.29, 1.82) is 0 Å². The van der Waals surface area contributed by atoms with E-state index in [1.807, 2.05) is 0 Å². The Balaban J connectivity index is 1.54. The summed E-state index contributed by atoms with van der Waals surface area (Å²) in [6, 6.07) is 9.00. The lowest BCUT2D eigenvalue weighted by Gasteiger charge is -2.23. The number of fused-ring (bicyclic) bond motifs is 3. The Kier molecular flexibility index (Phi) is 6.47. The number of likely N-dealkylation sites (tertiary alicyclic amines) is 1. The number of pyridine rings is 1. The number of benzene rings is 1. The van der Waals surface area contributed by atoms with Crippen LogP contribution in [0.2, 0.25) is 0 Å². The first kappa shape index (κ1) is 26.5.